The van der Waals surface area contributed by atoms with E-state index in [-0.39, 0.29) is 22.9 Å². The van der Waals surface area contributed by atoms with E-state index in [0.29, 0.717) is 64.6 Å². The molecule has 12 nitrogen and oxygen atoms in total. The van der Waals surface area contributed by atoms with Crippen LogP contribution in [0.3, 0.4) is 0 Å². The minimum atomic E-state index is -3.95. The molecule has 1 rings (SSSR count). The van der Waals surface area contributed by atoms with E-state index >= 15 is 0 Å². The van der Waals surface area contributed by atoms with Crippen LogP contribution < -0.4 is 9.44 Å². The predicted octanol–water partition coefficient (Wildman–Crippen LogP) is 3.12. The third-order valence-electron chi connectivity index (χ3n) is 5.52. The van der Waals surface area contributed by atoms with Gasteiger partial charge in [-0.25, -0.2) is 26.3 Å². The molecule has 0 unspecified atom stereocenters. The lowest BCUT2D eigenvalue weighted by atomic mass is 10.4. The van der Waals surface area contributed by atoms with Crippen molar-refractivity contribution in [1.29, 1.82) is 0 Å². The number of hydrogen-bond donors (Lipinski definition) is 2. The summed E-state index contributed by atoms with van der Waals surface area (Å²) in [4.78, 5) is -0.289. The topological polar surface area (TPSA) is 148 Å². The quantitative estimate of drug-likeness (QED) is 0.127. The van der Waals surface area contributed by atoms with E-state index < -0.39 is 37.7 Å². The molecule has 1 aromatic carbocycles. The molecule has 0 amide bonds. The highest BCUT2D eigenvalue weighted by molar-refractivity contribution is 7.90. The van der Waals surface area contributed by atoms with Gasteiger partial charge in [-0.05, 0) is 72.6 Å². The summed E-state index contributed by atoms with van der Waals surface area (Å²) in [6.45, 7) is 14.0. The monoisotopic (exact) mass is 644 g/mol. The molecule has 234 valence electrons. The molecule has 0 atom stereocenters. The fourth-order valence-electron chi connectivity index (χ4n) is 4.00. The lowest BCUT2D eigenvalue weighted by molar-refractivity contribution is 0.0701. The molecule has 0 heterocycles. The largest absolute Gasteiger partial charge is 0.500 e. The summed E-state index contributed by atoms with van der Waals surface area (Å²) < 4.78 is 91.6. The zero-order valence-electron chi connectivity index (χ0n) is 24.7. The molecule has 0 saturated heterocycles. The fraction of sp³-hybridized carbons (Fsp3) is 0.750. The maximum Gasteiger partial charge on any atom is 0.500 e. The SMILES string of the molecule is CCO[Si](CCCNS(=O)(=O)c1cccc(S(=O)(=O)NCCC[Si](OCC)(OCC)OCC)c1)(OCC)OCC. The second kappa shape index (κ2) is 18.7. The molecule has 0 aliphatic carbocycles. The van der Waals surface area contributed by atoms with Gasteiger partial charge in [0.05, 0.1) is 9.79 Å². The Kier molecular flexibility index (Phi) is 17.4. The van der Waals surface area contributed by atoms with Crippen molar-refractivity contribution in [2.75, 3.05) is 52.7 Å². The molecule has 40 heavy (non-hydrogen) atoms. The average Bonchev–Trinajstić information content (AvgIpc) is 2.90. The Hall–Kier alpha value is -0.766. The minimum absolute atomic E-state index is 0.116. The van der Waals surface area contributed by atoms with Gasteiger partial charge in [0, 0.05) is 64.8 Å². The Morgan fingerprint density at radius 2 is 0.875 bits per heavy atom. The van der Waals surface area contributed by atoms with Crippen LogP contribution in [0.15, 0.2) is 34.1 Å². The molecule has 0 fully saturated rings. The van der Waals surface area contributed by atoms with Gasteiger partial charge in [-0.2, -0.15) is 0 Å². The minimum Gasteiger partial charge on any atom is -0.374 e. The van der Waals surface area contributed by atoms with E-state index in [4.69, 9.17) is 26.6 Å². The van der Waals surface area contributed by atoms with E-state index in [2.05, 4.69) is 9.44 Å². The van der Waals surface area contributed by atoms with Crippen molar-refractivity contribution in [1.82, 2.24) is 9.44 Å². The Balaban J connectivity index is 2.81. The van der Waals surface area contributed by atoms with Crippen molar-refractivity contribution >= 4 is 37.7 Å². The molecule has 0 aromatic heterocycles. The van der Waals surface area contributed by atoms with Crippen LogP contribution in [0.2, 0.25) is 12.1 Å². The lowest BCUT2D eigenvalue weighted by Gasteiger charge is -2.28. The van der Waals surface area contributed by atoms with Gasteiger partial charge in [0.25, 0.3) is 0 Å². The highest BCUT2D eigenvalue weighted by Crippen LogP contribution is 2.20. The van der Waals surface area contributed by atoms with Crippen LogP contribution in [0.25, 0.3) is 0 Å². The average molecular weight is 645 g/mol. The van der Waals surface area contributed by atoms with Crippen molar-refractivity contribution in [3.63, 3.8) is 0 Å². The standard InChI is InChI=1S/C24H48N2O10S2Si2/c1-7-31-39(32-8-2,33-9-3)20-14-18-25-37(27,28)23-16-13-17-24(22-23)38(29,30)26-19-15-21-40(34-10-4,35-11-5)36-12-6/h13,16-17,22,25-26H,7-12,14-15,18-21H2,1-6H3. The Morgan fingerprint density at radius 1 is 0.575 bits per heavy atom. The van der Waals surface area contributed by atoms with Crippen LogP contribution in [-0.4, -0.2) is 87.2 Å². The molecule has 0 radical (unpaired) electrons. The first-order valence-corrected chi connectivity index (χ1v) is 20.7. The molecular weight excluding hydrogens is 597 g/mol. The van der Waals surface area contributed by atoms with E-state index in [1.807, 2.05) is 41.5 Å². The van der Waals surface area contributed by atoms with Gasteiger partial charge >= 0.3 is 17.6 Å². The predicted molar refractivity (Wildman–Crippen MR) is 157 cm³/mol. The zero-order chi connectivity index (χ0) is 30.1. The molecule has 1 aromatic rings. The van der Waals surface area contributed by atoms with E-state index in [1.54, 1.807) is 0 Å². The number of nitrogens with one attached hydrogen (secondary N) is 2. The molecule has 0 aliphatic heterocycles. The number of sulfonamides is 2. The van der Waals surface area contributed by atoms with Crippen LogP contribution in [0.5, 0.6) is 0 Å². The first-order valence-electron chi connectivity index (χ1n) is 13.9. The lowest BCUT2D eigenvalue weighted by Crippen LogP contribution is -2.46. The summed E-state index contributed by atoms with van der Waals surface area (Å²) in [6, 6.07) is 6.15. The maximum atomic E-state index is 12.9. The number of rotatable bonds is 24. The van der Waals surface area contributed by atoms with Gasteiger partial charge in [-0.1, -0.05) is 6.07 Å². The van der Waals surface area contributed by atoms with Crippen molar-refractivity contribution in [2.45, 2.75) is 76.3 Å². The summed E-state index contributed by atoms with van der Waals surface area (Å²) in [5.41, 5.74) is 0. The van der Waals surface area contributed by atoms with Crippen molar-refractivity contribution < 1.29 is 43.4 Å². The summed E-state index contributed by atoms with van der Waals surface area (Å²) in [7, 11) is -13.7. The van der Waals surface area contributed by atoms with Gasteiger partial charge in [0.2, 0.25) is 20.0 Å². The molecule has 16 heteroatoms. The Labute approximate surface area is 243 Å². The Morgan fingerprint density at radius 3 is 1.15 bits per heavy atom. The third kappa shape index (κ3) is 12.2. The second-order valence-electron chi connectivity index (χ2n) is 8.44. The first kappa shape index (κ1) is 37.3. The second-order valence-corrected chi connectivity index (χ2v) is 17.4. The van der Waals surface area contributed by atoms with Gasteiger partial charge in [0.1, 0.15) is 0 Å². The van der Waals surface area contributed by atoms with Gasteiger partial charge in [-0.15, -0.1) is 0 Å². The summed E-state index contributed by atoms with van der Waals surface area (Å²) in [6.07, 6.45) is 0.863. The van der Waals surface area contributed by atoms with Crippen LogP contribution in [0.1, 0.15) is 54.4 Å². The van der Waals surface area contributed by atoms with Gasteiger partial charge in [-0.3, -0.25) is 0 Å². The van der Waals surface area contributed by atoms with Crippen LogP contribution in [0, 0.1) is 0 Å². The normalized spacial score (nSPS) is 13.2. The number of hydrogen-bond acceptors (Lipinski definition) is 10. The van der Waals surface area contributed by atoms with E-state index in [0.717, 1.165) is 6.07 Å². The van der Waals surface area contributed by atoms with E-state index in [9.17, 15) is 16.8 Å². The summed E-state index contributed by atoms with van der Waals surface area (Å²) >= 11 is 0. The van der Waals surface area contributed by atoms with E-state index in [1.165, 1.54) is 18.2 Å². The molecule has 0 spiro atoms. The molecule has 0 saturated carbocycles. The molecule has 0 bridgehead atoms. The van der Waals surface area contributed by atoms with Crippen LogP contribution in [0.4, 0.5) is 0 Å². The van der Waals surface area contributed by atoms with Crippen molar-refractivity contribution in [3.8, 4) is 0 Å². The zero-order valence-corrected chi connectivity index (χ0v) is 28.3. The van der Waals surface area contributed by atoms with Crippen LogP contribution in [-0.2, 0) is 46.6 Å². The molecule has 0 aliphatic rings. The first-order chi connectivity index (χ1) is 19.0. The summed E-state index contributed by atoms with van der Waals surface area (Å²) in [5, 5.41) is 0. The van der Waals surface area contributed by atoms with Crippen LogP contribution >= 0.6 is 0 Å². The molecular formula is C24H48N2O10S2Si2. The van der Waals surface area contributed by atoms with Gasteiger partial charge in [0.15, 0.2) is 0 Å². The van der Waals surface area contributed by atoms with Crippen molar-refractivity contribution in [2.24, 2.45) is 0 Å². The maximum absolute atomic E-state index is 12.9. The fourth-order valence-corrected chi connectivity index (χ4v) is 11.5. The highest BCUT2D eigenvalue weighted by Gasteiger charge is 2.40. The highest BCUT2D eigenvalue weighted by atomic mass is 32.2. The Bertz CT molecular complexity index is 948. The van der Waals surface area contributed by atoms with Gasteiger partial charge < -0.3 is 26.6 Å². The summed E-state index contributed by atoms with van der Waals surface area (Å²) in [5.74, 6) is 0. The molecule has 2 N–H and O–H groups in total. The smallest absolute Gasteiger partial charge is 0.374 e. The number of benzene rings is 1. The third-order valence-corrected chi connectivity index (χ3v) is 14.7. The van der Waals surface area contributed by atoms with Crippen molar-refractivity contribution in [3.05, 3.63) is 24.3 Å².